The molecule has 7 nitrogen and oxygen atoms in total. The summed E-state index contributed by atoms with van der Waals surface area (Å²) in [6, 6.07) is 18.2. The molecule has 2 fully saturated rings. The highest BCUT2D eigenvalue weighted by molar-refractivity contribution is 8.02. The van der Waals surface area contributed by atoms with Gasteiger partial charge in [-0.25, -0.2) is 0 Å². The average Bonchev–Trinajstić information content (AvgIpc) is 3.25. The number of thioether (sulfide) groups is 1. The molecule has 0 bridgehead atoms. The topological polar surface area (TPSA) is 81.2 Å². The van der Waals surface area contributed by atoms with E-state index in [1.807, 2.05) is 116 Å². The molecule has 0 aromatic heterocycles. The zero-order chi connectivity index (χ0) is 30.6. The second-order valence-corrected chi connectivity index (χ2v) is 15.2. The van der Waals surface area contributed by atoms with E-state index >= 15 is 0 Å². The fourth-order valence-corrected chi connectivity index (χ4v) is 9.74. The molecule has 0 radical (unpaired) electrons. The van der Waals surface area contributed by atoms with Gasteiger partial charge in [-0.1, -0.05) is 85.0 Å². The lowest BCUT2D eigenvalue weighted by Gasteiger charge is -2.42. The quantitative estimate of drug-likeness (QED) is 0.507. The molecule has 0 saturated carbocycles. The third kappa shape index (κ3) is 4.92. The van der Waals surface area contributed by atoms with E-state index in [0.717, 1.165) is 11.1 Å². The number of rotatable bonds is 6. The lowest BCUT2D eigenvalue weighted by atomic mass is 9.74. The monoisotopic (exact) mass is 599 g/mol. The van der Waals surface area contributed by atoms with E-state index in [-0.39, 0.29) is 24.3 Å². The molecule has 1 unspecified atom stereocenters. The number of amides is 3. The second kappa shape index (κ2) is 11.0. The Labute approximate surface area is 258 Å². The van der Waals surface area contributed by atoms with Crippen LogP contribution in [0.15, 0.2) is 85.0 Å². The highest BCUT2D eigenvalue weighted by Crippen LogP contribution is 2.66. The van der Waals surface area contributed by atoms with Crippen LogP contribution in [0.1, 0.15) is 38.8 Å². The zero-order valence-electron chi connectivity index (χ0n) is 25.3. The van der Waals surface area contributed by atoms with E-state index < -0.39 is 39.0 Å². The van der Waals surface area contributed by atoms with Crippen LogP contribution < -0.4 is 0 Å². The summed E-state index contributed by atoms with van der Waals surface area (Å²) >= 11 is 1.58. The van der Waals surface area contributed by atoms with Gasteiger partial charge in [-0.3, -0.25) is 14.4 Å². The fourth-order valence-electron chi connectivity index (χ4n) is 7.59. The molecule has 4 aliphatic heterocycles. The van der Waals surface area contributed by atoms with Gasteiger partial charge >= 0.3 is 0 Å². The van der Waals surface area contributed by atoms with Crippen LogP contribution in [-0.2, 0) is 27.3 Å². The molecule has 1 spiro atoms. The minimum Gasteiger partial charge on any atom is -0.394 e. The number of aliphatic hydroxyl groups excluding tert-OH is 1. The van der Waals surface area contributed by atoms with E-state index in [2.05, 4.69) is 6.08 Å². The van der Waals surface area contributed by atoms with Crippen LogP contribution in [0.3, 0.4) is 0 Å². The van der Waals surface area contributed by atoms with Gasteiger partial charge in [0, 0.05) is 29.9 Å². The number of aliphatic hydroxyl groups is 1. The molecule has 2 saturated heterocycles. The van der Waals surface area contributed by atoms with Gasteiger partial charge < -0.3 is 19.8 Å². The number of likely N-dealkylation sites (tertiary alicyclic amines) is 1. The number of fused-ring (bicyclic) bond motifs is 2. The van der Waals surface area contributed by atoms with E-state index in [0.29, 0.717) is 26.1 Å². The van der Waals surface area contributed by atoms with Crippen LogP contribution in [0, 0.1) is 11.8 Å². The summed E-state index contributed by atoms with van der Waals surface area (Å²) < 4.78 is -1.63. The van der Waals surface area contributed by atoms with Crippen LogP contribution >= 0.6 is 11.8 Å². The SMILES string of the molecule is CC(C)(C)N1CC=C[C@]23S[C@@]4(C)C=CCN(Cc5ccccc5)C(=O)[C@H]4[C@H]2C(=O)N([C@@H](CO)Cc2ccccc2)C3C1=O. The number of carbonyl (C=O) groups is 3. The normalized spacial score (nSPS) is 31.0. The first-order valence-corrected chi connectivity index (χ1v) is 16.0. The van der Waals surface area contributed by atoms with Gasteiger partial charge in [0.1, 0.15) is 6.04 Å². The predicted molar refractivity (Wildman–Crippen MR) is 169 cm³/mol. The van der Waals surface area contributed by atoms with Crippen molar-refractivity contribution in [2.24, 2.45) is 11.8 Å². The Morgan fingerprint density at radius 3 is 2.12 bits per heavy atom. The predicted octanol–water partition coefficient (Wildman–Crippen LogP) is 4.07. The minimum absolute atomic E-state index is 0.0685. The van der Waals surface area contributed by atoms with Crippen molar-refractivity contribution in [1.29, 1.82) is 0 Å². The Balaban J connectivity index is 1.46. The maximum Gasteiger partial charge on any atom is 0.247 e. The van der Waals surface area contributed by atoms with E-state index in [1.54, 1.807) is 16.7 Å². The number of benzene rings is 2. The highest BCUT2D eigenvalue weighted by atomic mass is 32.2. The number of hydrogen-bond acceptors (Lipinski definition) is 5. The summed E-state index contributed by atoms with van der Waals surface area (Å²) in [4.78, 5) is 49.4. The van der Waals surface area contributed by atoms with Gasteiger partial charge in [0.15, 0.2) is 0 Å². The summed E-state index contributed by atoms with van der Waals surface area (Å²) in [5, 5.41) is 10.8. The van der Waals surface area contributed by atoms with Crippen LogP contribution in [0.4, 0.5) is 0 Å². The van der Waals surface area contributed by atoms with Crippen molar-refractivity contribution in [2.45, 2.75) is 67.8 Å². The molecular formula is C35H41N3O4S. The third-order valence-corrected chi connectivity index (χ3v) is 11.3. The van der Waals surface area contributed by atoms with Crippen molar-refractivity contribution < 1.29 is 19.5 Å². The first-order chi connectivity index (χ1) is 20.5. The Kier molecular flexibility index (Phi) is 7.58. The third-order valence-electron chi connectivity index (χ3n) is 9.52. The molecule has 3 amide bonds. The molecule has 6 atom stereocenters. The van der Waals surface area contributed by atoms with Crippen molar-refractivity contribution in [2.75, 3.05) is 19.7 Å². The lowest BCUT2D eigenvalue weighted by molar-refractivity contribution is -0.149. The smallest absolute Gasteiger partial charge is 0.247 e. The molecule has 4 aliphatic rings. The number of carbonyl (C=O) groups excluding carboxylic acids is 3. The van der Waals surface area contributed by atoms with Crippen molar-refractivity contribution in [3.63, 3.8) is 0 Å². The van der Waals surface area contributed by atoms with E-state index in [9.17, 15) is 19.5 Å². The molecule has 8 heteroatoms. The Hall–Kier alpha value is -3.36. The van der Waals surface area contributed by atoms with E-state index in [4.69, 9.17) is 0 Å². The fraction of sp³-hybridized carbons (Fsp3) is 0.457. The molecule has 6 rings (SSSR count). The molecule has 2 aromatic carbocycles. The molecule has 4 heterocycles. The molecule has 0 aliphatic carbocycles. The summed E-state index contributed by atoms with van der Waals surface area (Å²) in [5.74, 6) is -1.83. The van der Waals surface area contributed by atoms with E-state index in [1.165, 1.54) is 0 Å². The molecule has 226 valence electrons. The second-order valence-electron chi connectivity index (χ2n) is 13.4. The summed E-state index contributed by atoms with van der Waals surface area (Å²) in [6.45, 7) is 9.10. The summed E-state index contributed by atoms with van der Waals surface area (Å²) in [6.07, 6.45) is 8.60. The Morgan fingerprint density at radius 1 is 0.860 bits per heavy atom. The largest absolute Gasteiger partial charge is 0.394 e. The standard InChI is InChI=1S/C35H41N3O4S/c1-33(2,3)37-20-12-18-35-28(31(41)38(29(35)32(37)42)26(23-39)21-24-13-7-5-8-14-24)27-30(40)36(19-11-17-34(27,4)43-35)22-25-15-9-6-10-16-25/h5-18,26-29,39H,19-23H2,1-4H3/t26-,27-,28+,29?,34+,35+/m1/s1. The van der Waals surface area contributed by atoms with Gasteiger partial charge in [0.25, 0.3) is 0 Å². The van der Waals surface area contributed by atoms with Crippen molar-refractivity contribution >= 4 is 29.5 Å². The lowest BCUT2D eigenvalue weighted by Crippen LogP contribution is -2.60. The highest BCUT2D eigenvalue weighted by Gasteiger charge is 2.74. The maximum atomic E-state index is 14.9. The van der Waals surface area contributed by atoms with Crippen LogP contribution in [0.2, 0.25) is 0 Å². The molecule has 43 heavy (non-hydrogen) atoms. The Bertz CT molecular complexity index is 1450. The molecular weight excluding hydrogens is 558 g/mol. The first kappa shape index (κ1) is 29.7. The van der Waals surface area contributed by atoms with Crippen molar-refractivity contribution in [3.05, 3.63) is 96.1 Å². The molecule has 1 N–H and O–H groups in total. The summed E-state index contributed by atoms with van der Waals surface area (Å²) in [7, 11) is 0. The van der Waals surface area contributed by atoms with Crippen molar-refractivity contribution in [1.82, 2.24) is 14.7 Å². The van der Waals surface area contributed by atoms with Crippen LogP contribution in [0.25, 0.3) is 0 Å². The number of hydrogen-bond donors (Lipinski definition) is 1. The van der Waals surface area contributed by atoms with Gasteiger partial charge in [-0.05, 0) is 45.2 Å². The van der Waals surface area contributed by atoms with Gasteiger partial charge in [0.2, 0.25) is 17.7 Å². The first-order valence-electron chi connectivity index (χ1n) is 15.2. The van der Waals surface area contributed by atoms with Gasteiger partial charge in [-0.15, -0.1) is 11.8 Å². The maximum absolute atomic E-state index is 14.9. The van der Waals surface area contributed by atoms with Crippen LogP contribution in [0.5, 0.6) is 0 Å². The minimum atomic E-state index is -0.951. The number of nitrogens with zero attached hydrogens (tertiary/aromatic N) is 3. The molecule has 2 aromatic rings. The Morgan fingerprint density at radius 2 is 1.49 bits per heavy atom. The van der Waals surface area contributed by atoms with Crippen molar-refractivity contribution in [3.8, 4) is 0 Å². The average molecular weight is 600 g/mol. The van der Waals surface area contributed by atoms with Gasteiger partial charge in [-0.2, -0.15) is 0 Å². The summed E-state index contributed by atoms with van der Waals surface area (Å²) in [5.41, 5.74) is 1.52. The van der Waals surface area contributed by atoms with Gasteiger partial charge in [0.05, 0.1) is 29.2 Å². The zero-order valence-corrected chi connectivity index (χ0v) is 26.2. The van der Waals surface area contributed by atoms with Crippen LogP contribution in [-0.4, -0.2) is 84.3 Å².